The third kappa shape index (κ3) is 3.62. The predicted octanol–water partition coefficient (Wildman–Crippen LogP) is 2.80. The molecular weight excluding hydrogens is 309 g/mol. The zero-order chi connectivity index (χ0) is 17.0. The van der Waals surface area contributed by atoms with Gasteiger partial charge in [0.15, 0.2) is 0 Å². The number of rotatable bonds is 5. The summed E-state index contributed by atoms with van der Waals surface area (Å²) < 4.78 is 25.5. The van der Waals surface area contributed by atoms with Crippen LogP contribution in [-0.2, 0) is 20.7 Å². The zero-order valence-corrected chi connectivity index (χ0v) is 14.3. The van der Waals surface area contributed by atoms with Gasteiger partial charge in [0.2, 0.25) is 5.91 Å². The molecule has 0 N–H and O–H groups in total. The van der Waals surface area contributed by atoms with Crippen molar-refractivity contribution in [2.45, 2.75) is 38.7 Å². The topological polar surface area (TPSA) is 38.8 Å². The molecule has 2 fully saturated rings. The van der Waals surface area contributed by atoms with Gasteiger partial charge in [-0.1, -0.05) is 18.2 Å². The summed E-state index contributed by atoms with van der Waals surface area (Å²) in [5, 5.41) is 0. The second kappa shape index (κ2) is 7.62. The summed E-state index contributed by atoms with van der Waals surface area (Å²) in [5.41, 5.74) is 0.348. The van der Waals surface area contributed by atoms with Crippen LogP contribution in [0.4, 0.5) is 4.39 Å². The Hall–Kier alpha value is -1.46. The third-order valence-corrected chi connectivity index (χ3v) is 5.23. The normalized spacial score (nSPS) is 26.9. The van der Waals surface area contributed by atoms with Crippen molar-refractivity contribution in [2.75, 3.05) is 32.9 Å². The van der Waals surface area contributed by atoms with Crippen molar-refractivity contribution >= 4 is 5.91 Å². The smallest absolute Gasteiger partial charge is 0.227 e. The van der Waals surface area contributed by atoms with Gasteiger partial charge >= 0.3 is 0 Å². The van der Waals surface area contributed by atoms with Crippen LogP contribution in [0.15, 0.2) is 24.3 Å². The van der Waals surface area contributed by atoms with E-state index in [0.29, 0.717) is 31.9 Å². The fourth-order valence-corrected chi connectivity index (χ4v) is 3.94. The first-order chi connectivity index (χ1) is 11.6. The van der Waals surface area contributed by atoms with Crippen molar-refractivity contribution < 1.29 is 18.7 Å². The van der Waals surface area contributed by atoms with Crippen LogP contribution in [-0.4, -0.2) is 49.8 Å². The van der Waals surface area contributed by atoms with Crippen molar-refractivity contribution in [3.8, 4) is 0 Å². The molecule has 2 heterocycles. The summed E-state index contributed by atoms with van der Waals surface area (Å²) in [6, 6.07) is 6.49. The number of hydrogen-bond donors (Lipinski definition) is 0. The average molecular weight is 335 g/mol. The van der Waals surface area contributed by atoms with Crippen molar-refractivity contribution in [1.82, 2.24) is 4.90 Å². The summed E-state index contributed by atoms with van der Waals surface area (Å²) in [6.45, 7) is 5.38. The Bertz CT molecular complexity index is 579. The van der Waals surface area contributed by atoms with Crippen LogP contribution >= 0.6 is 0 Å². The molecule has 4 nitrogen and oxygen atoms in total. The van der Waals surface area contributed by atoms with Gasteiger partial charge in [-0.25, -0.2) is 4.39 Å². The molecule has 0 bridgehead atoms. The number of fused-ring (bicyclic) bond motifs is 1. The van der Waals surface area contributed by atoms with E-state index in [0.717, 1.165) is 25.9 Å². The van der Waals surface area contributed by atoms with Crippen molar-refractivity contribution in [3.63, 3.8) is 0 Å². The predicted molar refractivity (Wildman–Crippen MR) is 89.2 cm³/mol. The molecule has 0 aromatic heterocycles. The van der Waals surface area contributed by atoms with Gasteiger partial charge in [0, 0.05) is 31.7 Å². The molecule has 0 saturated carbocycles. The maximum Gasteiger partial charge on any atom is 0.227 e. The number of halogens is 1. The summed E-state index contributed by atoms with van der Waals surface area (Å²) in [6.07, 6.45) is 3.12. The quantitative estimate of drug-likeness (QED) is 0.830. The summed E-state index contributed by atoms with van der Waals surface area (Å²) in [5.74, 6) is -0.328. The highest BCUT2D eigenvalue weighted by Gasteiger charge is 2.47. The monoisotopic (exact) mass is 335 g/mol. The largest absolute Gasteiger partial charge is 0.381 e. The number of ether oxygens (including phenoxy) is 2. The minimum absolute atomic E-state index is 0.0139. The van der Waals surface area contributed by atoms with Crippen molar-refractivity contribution in [1.29, 1.82) is 0 Å². The molecule has 1 aromatic carbocycles. The van der Waals surface area contributed by atoms with Gasteiger partial charge in [-0.2, -0.15) is 0 Å². The number of benzene rings is 1. The number of hydrogen-bond acceptors (Lipinski definition) is 3. The molecule has 0 spiro atoms. The Morgan fingerprint density at radius 2 is 2.29 bits per heavy atom. The fourth-order valence-electron chi connectivity index (χ4n) is 3.94. The number of likely N-dealkylation sites (tertiary alicyclic amines) is 1. The Kier molecular flexibility index (Phi) is 5.51. The van der Waals surface area contributed by atoms with Gasteiger partial charge in [-0.3, -0.25) is 4.79 Å². The highest BCUT2D eigenvalue weighted by molar-refractivity contribution is 5.79. The Balaban J connectivity index is 1.70. The first kappa shape index (κ1) is 17.4. The molecule has 5 heteroatoms. The summed E-state index contributed by atoms with van der Waals surface area (Å²) in [4.78, 5) is 14.6. The minimum Gasteiger partial charge on any atom is -0.381 e. The highest BCUT2D eigenvalue weighted by Crippen LogP contribution is 2.40. The first-order valence-electron chi connectivity index (χ1n) is 8.85. The van der Waals surface area contributed by atoms with E-state index in [1.54, 1.807) is 18.2 Å². The van der Waals surface area contributed by atoms with Gasteiger partial charge in [0.25, 0.3) is 0 Å². The lowest BCUT2D eigenvalue weighted by molar-refractivity contribution is -0.163. The standard InChI is InChI=1S/C19H26FNO3/c1-2-23-14-19-9-5-11-24-17(19)8-10-21(13-19)18(22)12-15-6-3-4-7-16(15)20/h3-4,6-7,17H,2,5,8-14H2,1H3/t17-,19+/m1/s1. The Labute approximate surface area is 142 Å². The first-order valence-corrected chi connectivity index (χ1v) is 8.85. The Morgan fingerprint density at radius 3 is 3.08 bits per heavy atom. The van der Waals surface area contributed by atoms with Crippen molar-refractivity contribution in [3.05, 3.63) is 35.6 Å². The molecule has 3 rings (SSSR count). The Morgan fingerprint density at radius 1 is 1.46 bits per heavy atom. The van der Waals surface area contributed by atoms with Crippen LogP contribution in [0, 0.1) is 11.2 Å². The molecule has 0 radical (unpaired) electrons. The third-order valence-electron chi connectivity index (χ3n) is 5.23. The van der Waals surface area contributed by atoms with Gasteiger partial charge in [0.1, 0.15) is 5.82 Å². The van der Waals surface area contributed by atoms with Gasteiger partial charge < -0.3 is 14.4 Å². The second-order valence-corrected chi connectivity index (χ2v) is 6.83. The maximum absolute atomic E-state index is 13.8. The van der Waals surface area contributed by atoms with Gasteiger partial charge in [-0.05, 0) is 37.8 Å². The number of amides is 1. The lowest BCUT2D eigenvalue weighted by Crippen LogP contribution is -2.58. The van der Waals surface area contributed by atoms with E-state index in [4.69, 9.17) is 9.47 Å². The molecule has 1 amide bonds. The molecule has 2 aliphatic heterocycles. The SMILES string of the molecule is CCOC[C@@]12CCCO[C@@H]1CCN(C(=O)Cc1ccccc1F)C2. The van der Waals surface area contributed by atoms with Gasteiger partial charge in [-0.15, -0.1) is 0 Å². The highest BCUT2D eigenvalue weighted by atomic mass is 19.1. The molecule has 2 atom stereocenters. The second-order valence-electron chi connectivity index (χ2n) is 6.83. The van der Waals surface area contributed by atoms with E-state index in [1.165, 1.54) is 6.07 Å². The van der Waals surface area contributed by atoms with E-state index < -0.39 is 0 Å². The summed E-state index contributed by atoms with van der Waals surface area (Å²) >= 11 is 0. The molecular formula is C19H26FNO3. The molecule has 2 aliphatic rings. The van der Waals surface area contributed by atoms with Crippen LogP contribution in [0.25, 0.3) is 0 Å². The maximum atomic E-state index is 13.8. The van der Waals surface area contributed by atoms with Crippen LogP contribution < -0.4 is 0 Å². The fraction of sp³-hybridized carbons (Fsp3) is 0.632. The van der Waals surface area contributed by atoms with Gasteiger partial charge in [0.05, 0.1) is 19.1 Å². The lowest BCUT2D eigenvalue weighted by atomic mass is 9.73. The van der Waals surface area contributed by atoms with Crippen LogP contribution in [0.3, 0.4) is 0 Å². The number of carbonyl (C=O) groups excluding carboxylic acids is 1. The lowest BCUT2D eigenvalue weighted by Gasteiger charge is -2.50. The van der Waals surface area contributed by atoms with E-state index in [-0.39, 0.29) is 29.7 Å². The molecule has 0 unspecified atom stereocenters. The molecule has 2 saturated heterocycles. The van der Waals surface area contributed by atoms with Crippen LogP contribution in [0.1, 0.15) is 31.7 Å². The number of carbonyl (C=O) groups is 1. The number of piperidine rings is 1. The molecule has 1 aromatic rings. The molecule has 24 heavy (non-hydrogen) atoms. The summed E-state index contributed by atoms with van der Waals surface area (Å²) in [7, 11) is 0. The van der Waals surface area contributed by atoms with Crippen molar-refractivity contribution in [2.24, 2.45) is 5.41 Å². The van der Waals surface area contributed by atoms with E-state index in [9.17, 15) is 9.18 Å². The zero-order valence-electron chi connectivity index (χ0n) is 14.3. The number of nitrogens with zero attached hydrogens (tertiary/aromatic N) is 1. The molecule has 132 valence electrons. The minimum atomic E-state index is -0.314. The van der Waals surface area contributed by atoms with Crippen LogP contribution in [0.5, 0.6) is 0 Å². The average Bonchev–Trinajstić information content (AvgIpc) is 2.61. The van der Waals surface area contributed by atoms with E-state index in [2.05, 4.69) is 0 Å². The van der Waals surface area contributed by atoms with Crippen LogP contribution in [0.2, 0.25) is 0 Å². The van der Waals surface area contributed by atoms with E-state index >= 15 is 0 Å². The van der Waals surface area contributed by atoms with E-state index in [1.807, 2.05) is 11.8 Å². The molecule has 0 aliphatic carbocycles.